The number of nitrogens with zero attached hydrogens (tertiary/aromatic N) is 3. The van der Waals surface area contributed by atoms with Crippen LogP contribution >= 0.6 is 15.9 Å². The van der Waals surface area contributed by atoms with Crippen molar-refractivity contribution in [2.75, 3.05) is 11.4 Å². The molecule has 6 heteroatoms. The maximum absolute atomic E-state index is 13.9. The largest absolute Gasteiger partial charge is 0.304 e. The molecule has 0 spiro atoms. The number of hydrogen-bond donors (Lipinski definition) is 0. The molecule has 106 valence electrons. The normalized spacial score (nSPS) is 9.95. The molecule has 0 bridgehead atoms. The predicted molar refractivity (Wildman–Crippen MR) is 80.2 cm³/mol. The van der Waals surface area contributed by atoms with Crippen LogP contribution in [0.4, 0.5) is 10.1 Å². The highest BCUT2D eigenvalue weighted by Crippen LogP contribution is 2.21. The SMILES string of the molecule is N#CCCN(C(=O)c1ccc(Br)nc1)c1ccccc1F. The van der Waals surface area contributed by atoms with Crippen LogP contribution < -0.4 is 4.90 Å². The fourth-order valence-corrected chi connectivity index (χ4v) is 2.06. The van der Waals surface area contributed by atoms with Crippen LogP contribution in [0, 0.1) is 17.1 Å². The van der Waals surface area contributed by atoms with Crippen molar-refractivity contribution >= 4 is 27.5 Å². The fourth-order valence-electron chi connectivity index (χ4n) is 1.82. The molecule has 0 N–H and O–H groups in total. The summed E-state index contributed by atoms with van der Waals surface area (Å²) in [6.45, 7) is 0.117. The Hall–Kier alpha value is -2.26. The Bertz CT molecular complexity index is 682. The van der Waals surface area contributed by atoms with Crippen molar-refractivity contribution in [3.8, 4) is 6.07 Å². The molecule has 0 aliphatic rings. The average molecular weight is 348 g/mol. The fraction of sp³-hybridized carbons (Fsp3) is 0.133. The average Bonchev–Trinajstić information content (AvgIpc) is 2.50. The van der Waals surface area contributed by atoms with Crippen molar-refractivity contribution in [2.45, 2.75) is 6.42 Å². The summed E-state index contributed by atoms with van der Waals surface area (Å²) in [5.41, 5.74) is 0.486. The van der Waals surface area contributed by atoms with E-state index in [0.717, 1.165) is 0 Å². The van der Waals surface area contributed by atoms with Gasteiger partial charge in [-0.05, 0) is 40.2 Å². The van der Waals surface area contributed by atoms with Gasteiger partial charge in [0, 0.05) is 12.7 Å². The maximum Gasteiger partial charge on any atom is 0.259 e. The molecule has 0 saturated heterocycles. The molecule has 0 saturated carbocycles. The summed E-state index contributed by atoms with van der Waals surface area (Å²) in [7, 11) is 0. The number of amides is 1. The Kier molecular flexibility index (Phi) is 5.01. The first-order valence-corrected chi connectivity index (χ1v) is 6.97. The molecule has 0 unspecified atom stereocenters. The van der Waals surface area contributed by atoms with Gasteiger partial charge in [-0.3, -0.25) is 4.79 Å². The maximum atomic E-state index is 13.9. The third kappa shape index (κ3) is 3.64. The number of hydrogen-bond acceptors (Lipinski definition) is 3. The molecular formula is C15H11BrFN3O. The van der Waals surface area contributed by atoms with E-state index in [4.69, 9.17) is 5.26 Å². The smallest absolute Gasteiger partial charge is 0.259 e. The van der Waals surface area contributed by atoms with Crippen LogP contribution in [-0.2, 0) is 0 Å². The van der Waals surface area contributed by atoms with Crippen LogP contribution in [0.5, 0.6) is 0 Å². The van der Waals surface area contributed by atoms with Crippen molar-refractivity contribution < 1.29 is 9.18 Å². The zero-order valence-electron chi connectivity index (χ0n) is 11.0. The summed E-state index contributed by atoms with van der Waals surface area (Å²) in [5, 5.41) is 8.72. The number of para-hydroxylation sites is 1. The third-order valence-electron chi connectivity index (χ3n) is 2.81. The van der Waals surface area contributed by atoms with Crippen LogP contribution in [0.15, 0.2) is 47.2 Å². The summed E-state index contributed by atoms with van der Waals surface area (Å²) in [6.07, 6.45) is 1.52. The second kappa shape index (κ2) is 6.95. The van der Waals surface area contributed by atoms with Gasteiger partial charge in [-0.2, -0.15) is 5.26 Å². The van der Waals surface area contributed by atoms with Crippen LogP contribution in [0.3, 0.4) is 0 Å². The quantitative estimate of drug-likeness (QED) is 0.794. The lowest BCUT2D eigenvalue weighted by Gasteiger charge is -2.22. The summed E-state index contributed by atoms with van der Waals surface area (Å²) >= 11 is 3.19. The van der Waals surface area contributed by atoms with E-state index in [2.05, 4.69) is 20.9 Å². The first-order valence-electron chi connectivity index (χ1n) is 6.18. The zero-order valence-corrected chi connectivity index (χ0v) is 12.5. The number of rotatable bonds is 4. The number of carbonyl (C=O) groups excluding carboxylic acids is 1. The summed E-state index contributed by atoms with van der Waals surface area (Å²) < 4.78 is 14.5. The van der Waals surface area contributed by atoms with Crippen LogP contribution in [0.1, 0.15) is 16.8 Å². The molecule has 2 rings (SSSR count). The Balaban J connectivity index is 2.36. The number of halogens is 2. The second-order valence-corrected chi connectivity index (χ2v) is 5.00. The summed E-state index contributed by atoms with van der Waals surface area (Å²) in [4.78, 5) is 17.8. The van der Waals surface area contributed by atoms with Crippen molar-refractivity contribution in [3.63, 3.8) is 0 Å². The van der Waals surface area contributed by atoms with Gasteiger partial charge in [0.05, 0.1) is 23.7 Å². The van der Waals surface area contributed by atoms with E-state index in [9.17, 15) is 9.18 Å². The lowest BCUT2D eigenvalue weighted by molar-refractivity contribution is 0.0986. The topological polar surface area (TPSA) is 57.0 Å². The molecule has 1 aromatic carbocycles. The number of carbonyl (C=O) groups is 1. The van der Waals surface area contributed by atoms with E-state index in [-0.39, 0.29) is 18.7 Å². The predicted octanol–water partition coefficient (Wildman–Crippen LogP) is 3.54. The number of nitriles is 1. The number of benzene rings is 1. The van der Waals surface area contributed by atoms with Gasteiger partial charge in [0.25, 0.3) is 5.91 Å². The number of aromatic nitrogens is 1. The Morgan fingerprint density at radius 3 is 2.71 bits per heavy atom. The van der Waals surface area contributed by atoms with Gasteiger partial charge in [-0.25, -0.2) is 9.37 Å². The van der Waals surface area contributed by atoms with Crippen molar-refractivity contribution in [2.24, 2.45) is 0 Å². The number of anilines is 1. The second-order valence-electron chi connectivity index (χ2n) is 4.19. The highest BCUT2D eigenvalue weighted by atomic mass is 79.9. The van der Waals surface area contributed by atoms with Gasteiger partial charge in [0.1, 0.15) is 10.4 Å². The summed E-state index contributed by atoms with van der Waals surface area (Å²) in [6, 6.07) is 11.2. The molecule has 4 nitrogen and oxygen atoms in total. The van der Waals surface area contributed by atoms with Crippen LogP contribution in [-0.4, -0.2) is 17.4 Å². The lowest BCUT2D eigenvalue weighted by Crippen LogP contribution is -2.32. The Morgan fingerprint density at radius 2 is 2.10 bits per heavy atom. The van der Waals surface area contributed by atoms with Crippen molar-refractivity contribution in [3.05, 3.63) is 58.6 Å². The van der Waals surface area contributed by atoms with Crippen molar-refractivity contribution in [1.29, 1.82) is 5.26 Å². The molecule has 1 aromatic heterocycles. The molecular weight excluding hydrogens is 337 g/mol. The zero-order chi connectivity index (χ0) is 15.2. The van der Waals surface area contributed by atoms with E-state index in [1.54, 1.807) is 24.3 Å². The monoisotopic (exact) mass is 347 g/mol. The van der Waals surface area contributed by atoms with E-state index < -0.39 is 11.7 Å². The Labute approximate surface area is 130 Å². The molecule has 0 aliphatic carbocycles. The van der Waals surface area contributed by atoms with Gasteiger partial charge in [-0.1, -0.05) is 12.1 Å². The summed E-state index contributed by atoms with van der Waals surface area (Å²) in [5.74, 6) is -0.899. The minimum absolute atomic E-state index is 0.115. The first kappa shape index (κ1) is 15.1. The molecule has 1 heterocycles. The molecule has 0 atom stereocenters. The molecule has 0 aliphatic heterocycles. The van der Waals surface area contributed by atoms with Gasteiger partial charge in [0.15, 0.2) is 0 Å². The van der Waals surface area contributed by atoms with Crippen molar-refractivity contribution in [1.82, 2.24) is 4.98 Å². The third-order valence-corrected chi connectivity index (χ3v) is 3.28. The van der Waals surface area contributed by atoms with E-state index in [0.29, 0.717) is 10.2 Å². The minimum atomic E-state index is -0.506. The first-order chi connectivity index (χ1) is 10.1. The standard InChI is InChI=1S/C15H11BrFN3O/c16-14-7-6-11(10-19-14)15(21)20(9-3-8-18)13-5-2-1-4-12(13)17/h1-2,4-7,10H,3,9H2. The van der Waals surface area contributed by atoms with E-state index >= 15 is 0 Å². The minimum Gasteiger partial charge on any atom is -0.304 e. The number of pyridine rings is 1. The molecule has 2 aromatic rings. The van der Waals surface area contributed by atoms with Crippen LogP contribution in [0.2, 0.25) is 0 Å². The highest BCUT2D eigenvalue weighted by Gasteiger charge is 2.20. The molecule has 1 amide bonds. The molecule has 21 heavy (non-hydrogen) atoms. The lowest BCUT2D eigenvalue weighted by atomic mass is 10.2. The van der Waals surface area contributed by atoms with E-state index in [1.807, 2.05) is 6.07 Å². The van der Waals surface area contributed by atoms with Gasteiger partial charge < -0.3 is 4.90 Å². The van der Waals surface area contributed by atoms with Gasteiger partial charge >= 0.3 is 0 Å². The molecule has 0 radical (unpaired) electrons. The molecule has 0 fully saturated rings. The van der Waals surface area contributed by atoms with Gasteiger partial charge in [0.2, 0.25) is 0 Å². The van der Waals surface area contributed by atoms with Gasteiger partial charge in [-0.15, -0.1) is 0 Å². The van der Waals surface area contributed by atoms with Crippen LogP contribution in [0.25, 0.3) is 0 Å². The van der Waals surface area contributed by atoms with E-state index in [1.165, 1.54) is 23.2 Å². The Morgan fingerprint density at radius 1 is 1.33 bits per heavy atom. The highest BCUT2D eigenvalue weighted by molar-refractivity contribution is 9.10.